The molecule has 1 heterocycles. The fourth-order valence-electron chi connectivity index (χ4n) is 5.62. The normalized spacial score (nSPS) is 12.9. The topological polar surface area (TPSA) is 148 Å². The smallest absolute Gasteiger partial charge is 0.336 e. The van der Waals surface area contributed by atoms with E-state index in [0.29, 0.717) is 5.39 Å². The van der Waals surface area contributed by atoms with Crippen LogP contribution in [-0.4, -0.2) is 48.7 Å². The highest BCUT2D eigenvalue weighted by Crippen LogP contribution is 2.53. The average molecular weight is 616 g/mol. The second kappa shape index (κ2) is 8.81. The Morgan fingerprint density at radius 1 is 0.750 bits per heavy atom. The molecule has 5 aromatic rings. The van der Waals surface area contributed by atoms with Gasteiger partial charge in [0.05, 0.1) is 31.2 Å². The molecule has 5 aromatic carbocycles. The van der Waals surface area contributed by atoms with Crippen molar-refractivity contribution in [2.24, 2.45) is 0 Å². The third-order valence-electron chi connectivity index (χ3n) is 7.22. The minimum atomic E-state index is -1.38. The zero-order valence-corrected chi connectivity index (χ0v) is 23.3. The molecule has 5 N–H and O–H groups in total. The largest absolute Gasteiger partial charge is 0.478 e. The minimum Gasteiger partial charge on any atom is -0.478 e. The molecule has 1 aliphatic rings. The van der Waals surface area contributed by atoms with E-state index in [1.54, 1.807) is 6.07 Å². The quantitative estimate of drug-likeness (QED) is 0.0566. The number of carboxylic acids is 1. The molecule has 0 saturated carbocycles. The molecule has 0 fully saturated rings. The number of benzene rings is 5. The highest BCUT2D eigenvalue weighted by molar-refractivity contribution is 6.58. The number of rotatable bonds is 3. The van der Waals surface area contributed by atoms with Crippen LogP contribution in [0.4, 0.5) is 0 Å². The van der Waals surface area contributed by atoms with Crippen molar-refractivity contribution in [1.29, 1.82) is 5.41 Å². The van der Waals surface area contributed by atoms with Crippen molar-refractivity contribution < 1.29 is 24.3 Å². The first-order chi connectivity index (χ1) is 19.0. The Bertz CT molecular complexity index is 2090. The molecule has 0 aliphatic carbocycles. The molecule has 200 valence electrons. The lowest BCUT2D eigenvalue weighted by Crippen LogP contribution is -2.35. The SMILES string of the molecule is CNC(=N)c1c(Cl)c(Cl)c2c3ccc4c5c(cc(C(=O)O)c(c6c(Cl)c(Cl)c(C(=O)NC)c1c26)c53)C(=O)NC4=O. The van der Waals surface area contributed by atoms with Crippen LogP contribution >= 0.6 is 46.4 Å². The maximum atomic E-state index is 13.2. The summed E-state index contributed by atoms with van der Waals surface area (Å²) in [6.45, 7) is 0. The van der Waals surface area contributed by atoms with Crippen molar-refractivity contribution >= 4 is 119 Å². The molecule has 9 nitrogen and oxygen atoms in total. The summed E-state index contributed by atoms with van der Waals surface area (Å²) in [5, 5.41) is 27.5. The predicted octanol–water partition coefficient (Wildman–Crippen LogP) is 5.84. The molecule has 0 bridgehead atoms. The lowest BCUT2D eigenvalue weighted by atomic mass is 9.81. The zero-order valence-electron chi connectivity index (χ0n) is 20.3. The molecular formula is C27H14Cl4N4O5. The molecule has 6 rings (SSSR count). The summed E-state index contributed by atoms with van der Waals surface area (Å²) in [6, 6.07) is 4.24. The van der Waals surface area contributed by atoms with Gasteiger partial charge in [0, 0.05) is 63.1 Å². The van der Waals surface area contributed by atoms with Gasteiger partial charge in [-0.1, -0.05) is 52.5 Å². The summed E-state index contributed by atoms with van der Waals surface area (Å²) in [7, 11) is 2.88. The van der Waals surface area contributed by atoms with E-state index in [4.69, 9.17) is 51.8 Å². The number of carbonyl (C=O) groups is 4. The van der Waals surface area contributed by atoms with Crippen LogP contribution in [0.2, 0.25) is 20.1 Å². The maximum Gasteiger partial charge on any atom is 0.336 e. The van der Waals surface area contributed by atoms with Gasteiger partial charge in [0.25, 0.3) is 17.7 Å². The molecule has 13 heteroatoms. The van der Waals surface area contributed by atoms with Gasteiger partial charge in [-0.15, -0.1) is 0 Å². The Kier molecular flexibility index (Phi) is 5.80. The van der Waals surface area contributed by atoms with E-state index >= 15 is 0 Å². The number of hydrogen-bond acceptors (Lipinski definition) is 5. The Morgan fingerprint density at radius 3 is 2.00 bits per heavy atom. The van der Waals surface area contributed by atoms with E-state index < -0.39 is 23.7 Å². The Hall–Kier alpha value is -3.89. The first kappa shape index (κ1) is 26.3. The van der Waals surface area contributed by atoms with Gasteiger partial charge < -0.3 is 15.7 Å². The van der Waals surface area contributed by atoms with Crippen LogP contribution in [0.15, 0.2) is 18.2 Å². The number of carboxylic acid groups (broad SMARTS) is 1. The number of carbonyl (C=O) groups excluding carboxylic acids is 3. The van der Waals surface area contributed by atoms with Gasteiger partial charge in [-0.25, -0.2) is 4.79 Å². The minimum absolute atomic E-state index is 0.0125. The molecule has 0 saturated heterocycles. The van der Waals surface area contributed by atoms with Gasteiger partial charge in [0.2, 0.25) is 0 Å². The van der Waals surface area contributed by atoms with Gasteiger partial charge in [0.1, 0.15) is 5.84 Å². The van der Waals surface area contributed by atoms with E-state index in [0.717, 1.165) is 0 Å². The van der Waals surface area contributed by atoms with E-state index in [2.05, 4.69) is 16.0 Å². The Balaban J connectivity index is 2.11. The first-order valence-corrected chi connectivity index (χ1v) is 13.0. The molecule has 3 amide bonds. The van der Waals surface area contributed by atoms with Gasteiger partial charge in [-0.05, 0) is 22.9 Å². The van der Waals surface area contributed by atoms with Crippen LogP contribution in [0.25, 0.3) is 43.1 Å². The highest BCUT2D eigenvalue weighted by Gasteiger charge is 2.35. The third-order valence-corrected chi connectivity index (χ3v) is 8.92. The summed E-state index contributed by atoms with van der Waals surface area (Å²) in [5.41, 5.74) is -0.215. The summed E-state index contributed by atoms with van der Waals surface area (Å²) >= 11 is 27.3. The Morgan fingerprint density at radius 2 is 1.38 bits per heavy atom. The molecule has 0 radical (unpaired) electrons. The van der Waals surface area contributed by atoms with E-state index in [1.165, 1.54) is 26.2 Å². The summed E-state index contributed by atoms with van der Waals surface area (Å²) in [6.07, 6.45) is 0. The van der Waals surface area contributed by atoms with Crippen molar-refractivity contribution in [2.45, 2.75) is 0 Å². The third kappa shape index (κ3) is 3.14. The lowest BCUT2D eigenvalue weighted by molar-refractivity contribution is 0.0698. The van der Waals surface area contributed by atoms with Crippen molar-refractivity contribution in [2.75, 3.05) is 14.1 Å². The Labute approximate surface area is 244 Å². The predicted molar refractivity (Wildman–Crippen MR) is 156 cm³/mol. The number of imide groups is 1. The van der Waals surface area contributed by atoms with Crippen LogP contribution in [-0.2, 0) is 0 Å². The first-order valence-electron chi connectivity index (χ1n) is 11.5. The van der Waals surface area contributed by atoms with E-state index in [9.17, 15) is 24.3 Å². The maximum absolute atomic E-state index is 13.2. The molecule has 40 heavy (non-hydrogen) atoms. The fraction of sp³-hybridized carbons (Fsp3) is 0.0741. The van der Waals surface area contributed by atoms with Crippen LogP contribution in [0.5, 0.6) is 0 Å². The van der Waals surface area contributed by atoms with Crippen LogP contribution in [0.3, 0.4) is 0 Å². The summed E-state index contributed by atoms with van der Waals surface area (Å²) in [5.74, 6) is -3.62. The van der Waals surface area contributed by atoms with E-state index in [1.807, 2.05) is 0 Å². The molecular weight excluding hydrogens is 602 g/mol. The summed E-state index contributed by atoms with van der Waals surface area (Å²) < 4.78 is 0. The molecule has 0 spiro atoms. The number of fused-ring (bicyclic) bond motifs is 2. The second-order valence-corrected chi connectivity index (χ2v) is 10.6. The number of aromatic carboxylic acids is 1. The van der Waals surface area contributed by atoms with Crippen LogP contribution < -0.4 is 16.0 Å². The van der Waals surface area contributed by atoms with Gasteiger partial charge in [-0.3, -0.25) is 25.1 Å². The number of nitrogens with one attached hydrogen (secondary N) is 4. The molecule has 0 unspecified atom stereocenters. The fourth-order valence-corrected chi connectivity index (χ4v) is 6.75. The van der Waals surface area contributed by atoms with Crippen LogP contribution in [0, 0.1) is 5.41 Å². The number of amides is 3. The van der Waals surface area contributed by atoms with E-state index in [-0.39, 0.29) is 91.4 Å². The standard InChI is InChI=1S/C27H14Cl4N4O5/c1-33-23(32)17-15-14-13(19(28)21(17)30)6-3-4-7-10-8(25(37)35-24(7)36)5-9(27(39)40)12(11(6)10)16(14)20(29)22(31)18(15)26(38)34-2/h3-5H,1-2H3,(H2,32,33)(H,34,38)(H,39,40)(H,35,36,37). The van der Waals surface area contributed by atoms with Crippen molar-refractivity contribution in [3.05, 3.63) is 66.1 Å². The lowest BCUT2D eigenvalue weighted by Gasteiger charge is -2.26. The van der Waals surface area contributed by atoms with Gasteiger partial charge in [0.15, 0.2) is 0 Å². The zero-order chi connectivity index (χ0) is 28.9. The average Bonchev–Trinajstić information content (AvgIpc) is 2.93. The number of halogens is 4. The summed E-state index contributed by atoms with van der Waals surface area (Å²) in [4.78, 5) is 51.5. The number of hydrogen-bond donors (Lipinski definition) is 5. The van der Waals surface area contributed by atoms with Crippen LogP contribution in [0.1, 0.15) is 47.0 Å². The highest BCUT2D eigenvalue weighted by atomic mass is 35.5. The van der Waals surface area contributed by atoms with Crippen molar-refractivity contribution in [1.82, 2.24) is 16.0 Å². The van der Waals surface area contributed by atoms with Crippen molar-refractivity contribution in [3.8, 4) is 0 Å². The van der Waals surface area contributed by atoms with Gasteiger partial charge >= 0.3 is 5.97 Å². The van der Waals surface area contributed by atoms with Gasteiger partial charge in [-0.2, -0.15) is 0 Å². The molecule has 1 aliphatic heterocycles. The number of amidine groups is 1. The van der Waals surface area contributed by atoms with Crippen molar-refractivity contribution in [3.63, 3.8) is 0 Å². The monoisotopic (exact) mass is 614 g/mol. The molecule has 0 atom stereocenters. The second-order valence-electron chi connectivity index (χ2n) is 9.06. The molecule has 0 aromatic heterocycles.